The van der Waals surface area contributed by atoms with Gasteiger partial charge in [0.15, 0.2) is 5.69 Å². The lowest BCUT2D eigenvalue weighted by Crippen LogP contribution is -2.34. The van der Waals surface area contributed by atoms with E-state index in [1.807, 2.05) is 31.2 Å². The van der Waals surface area contributed by atoms with Crippen LogP contribution >= 0.6 is 0 Å². The number of anilines is 2. The second kappa shape index (κ2) is 14.3. The molecule has 0 radical (unpaired) electrons. The van der Waals surface area contributed by atoms with E-state index in [-0.39, 0.29) is 24.3 Å². The van der Waals surface area contributed by atoms with Crippen LogP contribution in [0.1, 0.15) is 54.9 Å². The normalized spacial score (nSPS) is 15.5. The molecule has 1 saturated heterocycles. The van der Waals surface area contributed by atoms with Crippen LogP contribution in [-0.4, -0.2) is 49.8 Å². The number of carbonyl (C=O) groups excluding carboxylic acids is 2. The summed E-state index contributed by atoms with van der Waals surface area (Å²) in [6, 6.07) is 14.3. The van der Waals surface area contributed by atoms with Crippen LogP contribution in [0.25, 0.3) is 11.1 Å². The van der Waals surface area contributed by atoms with E-state index in [1.165, 1.54) is 0 Å². The Hall–Kier alpha value is -3.90. The highest BCUT2D eigenvalue weighted by molar-refractivity contribution is 6.03. The summed E-state index contributed by atoms with van der Waals surface area (Å²) in [5.41, 5.74) is 1.72. The maximum Gasteiger partial charge on any atom is 0.437 e. The molecule has 0 spiro atoms. The summed E-state index contributed by atoms with van der Waals surface area (Å²) >= 11 is 0. The molecule has 1 unspecified atom stereocenters. The Morgan fingerprint density at radius 2 is 1.79 bits per heavy atom. The standard InChI is InChI=1S/C30H35F3N4O5/c1-3-41-25(38)14-15-34-19-40-18-21-6-8-22(9-7-21)23-10-12-24(13-11-23)35-28(39)26-27(30(31,32)33)36-29(42-26)37-16-4-5-20(2)17-37/h6-13,20,34H,3-5,14-19H2,1-2H3,(H,35,39). The number of carbonyl (C=O) groups is 2. The van der Waals surface area contributed by atoms with Gasteiger partial charge in [0.1, 0.15) is 0 Å². The molecule has 12 heteroatoms. The van der Waals surface area contributed by atoms with E-state index in [1.54, 1.807) is 36.1 Å². The minimum absolute atomic E-state index is 0.187. The first-order valence-electron chi connectivity index (χ1n) is 13.9. The van der Waals surface area contributed by atoms with Crippen LogP contribution in [0.2, 0.25) is 0 Å². The van der Waals surface area contributed by atoms with E-state index in [2.05, 4.69) is 15.6 Å². The summed E-state index contributed by atoms with van der Waals surface area (Å²) in [6.07, 6.45) is -2.77. The number of aromatic nitrogens is 1. The second-order valence-corrected chi connectivity index (χ2v) is 10.1. The molecule has 3 aromatic rings. The van der Waals surface area contributed by atoms with Crippen LogP contribution in [0, 0.1) is 5.92 Å². The van der Waals surface area contributed by atoms with Gasteiger partial charge in [-0.25, -0.2) is 0 Å². The number of piperidine rings is 1. The summed E-state index contributed by atoms with van der Waals surface area (Å²) in [6.45, 7) is 6.33. The Morgan fingerprint density at radius 1 is 1.10 bits per heavy atom. The zero-order chi connectivity index (χ0) is 30.1. The van der Waals surface area contributed by atoms with Crippen molar-refractivity contribution in [3.05, 3.63) is 65.5 Å². The fourth-order valence-corrected chi connectivity index (χ4v) is 4.62. The lowest BCUT2D eigenvalue weighted by Gasteiger charge is -2.29. The van der Waals surface area contributed by atoms with E-state index in [0.717, 1.165) is 29.5 Å². The lowest BCUT2D eigenvalue weighted by atomic mass is 10.0. The zero-order valence-corrected chi connectivity index (χ0v) is 23.6. The van der Waals surface area contributed by atoms with Gasteiger partial charge in [-0.2, -0.15) is 18.2 Å². The molecule has 1 fully saturated rings. The maximum atomic E-state index is 13.7. The van der Waals surface area contributed by atoms with Crippen molar-refractivity contribution in [2.45, 2.75) is 45.9 Å². The molecule has 1 aliphatic rings. The van der Waals surface area contributed by atoms with E-state index < -0.39 is 23.5 Å². The van der Waals surface area contributed by atoms with Crippen LogP contribution in [0.15, 0.2) is 52.9 Å². The minimum atomic E-state index is -4.84. The average Bonchev–Trinajstić information content (AvgIpc) is 3.43. The molecule has 1 atom stereocenters. The number of hydrogen-bond acceptors (Lipinski definition) is 8. The maximum absolute atomic E-state index is 13.7. The van der Waals surface area contributed by atoms with Gasteiger partial charge in [-0.3, -0.25) is 14.9 Å². The number of esters is 1. The summed E-state index contributed by atoms with van der Waals surface area (Å²) in [7, 11) is 0. The highest BCUT2D eigenvalue weighted by atomic mass is 19.4. The van der Waals surface area contributed by atoms with Crippen LogP contribution in [-0.2, 0) is 27.1 Å². The molecule has 1 aromatic heterocycles. The molecule has 0 bridgehead atoms. The van der Waals surface area contributed by atoms with E-state index in [0.29, 0.717) is 45.3 Å². The molecule has 0 saturated carbocycles. The first-order chi connectivity index (χ1) is 20.1. The van der Waals surface area contributed by atoms with Crippen molar-refractivity contribution in [3.63, 3.8) is 0 Å². The Kier molecular flexibility index (Phi) is 10.6. The molecule has 42 heavy (non-hydrogen) atoms. The number of nitrogens with zero attached hydrogens (tertiary/aromatic N) is 2. The van der Waals surface area contributed by atoms with Crippen LogP contribution in [0.5, 0.6) is 0 Å². The number of halogens is 3. The quantitative estimate of drug-likeness (QED) is 0.154. The van der Waals surface area contributed by atoms with Crippen molar-refractivity contribution >= 4 is 23.6 Å². The van der Waals surface area contributed by atoms with E-state index in [4.69, 9.17) is 13.9 Å². The highest BCUT2D eigenvalue weighted by Crippen LogP contribution is 2.35. The molecule has 2 N–H and O–H groups in total. The third kappa shape index (κ3) is 8.56. The van der Waals surface area contributed by atoms with E-state index >= 15 is 0 Å². The predicted molar refractivity (Wildman–Crippen MR) is 151 cm³/mol. The number of nitrogens with one attached hydrogen (secondary N) is 2. The van der Waals surface area contributed by atoms with Crippen LogP contribution in [0.4, 0.5) is 24.9 Å². The molecule has 1 amide bonds. The summed E-state index contributed by atoms with van der Waals surface area (Å²) in [5.74, 6) is -1.83. The summed E-state index contributed by atoms with van der Waals surface area (Å²) in [5, 5.41) is 5.51. The van der Waals surface area contributed by atoms with Crippen molar-refractivity contribution < 1.29 is 36.7 Å². The largest absolute Gasteiger partial charge is 0.466 e. The number of rotatable bonds is 12. The number of ether oxygens (including phenoxy) is 2. The van der Waals surface area contributed by atoms with Crippen molar-refractivity contribution in [2.75, 3.05) is 43.2 Å². The second-order valence-electron chi connectivity index (χ2n) is 10.1. The smallest absolute Gasteiger partial charge is 0.437 e. The molecular formula is C30H35F3N4O5. The molecule has 2 aromatic carbocycles. The number of oxazole rings is 1. The molecule has 4 rings (SSSR count). The van der Waals surface area contributed by atoms with Gasteiger partial charge in [0, 0.05) is 25.3 Å². The minimum Gasteiger partial charge on any atom is -0.466 e. The number of amides is 1. The van der Waals surface area contributed by atoms with Crippen molar-refractivity contribution in [1.82, 2.24) is 10.3 Å². The van der Waals surface area contributed by atoms with Gasteiger partial charge < -0.3 is 24.1 Å². The monoisotopic (exact) mass is 588 g/mol. The van der Waals surface area contributed by atoms with E-state index in [9.17, 15) is 22.8 Å². The van der Waals surface area contributed by atoms with Gasteiger partial charge in [-0.05, 0) is 54.5 Å². The Morgan fingerprint density at radius 3 is 2.43 bits per heavy atom. The lowest BCUT2D eigenvalue weighted by molar-refractivity contribution is -0.143. The third-order valence-corrected chi connectivity index (χ3v) is 6.73. The topological polar surface area (TPSA) is 106 Å². The zero-order valence-electron chi connectivity index (χ0n) is 23.6. The van der Waals surface area contributed by atoms with Gasteiger partial charge in [-0.15, -0.1) is 0 Å². The molecule has 2 heterocycles. The van der Waals surface area contributed by atoms with Crippen LogP contribution < -0.4 is 15.5 Å². The number of benzene rings is 2. The fraction of sp³-hybridized carbons (Fsp3) is 0.433. The van der Waals surface area contributed by atoms with Gasteiger partial charge in [0.25, 0.3) is 11.9 Å². The first kappa shape index (κ1) is 31.0. The molecular weight excluding hydrogens is 553 g/mol. The highest BCUT2D eigenvalue weighted by Gasteiger charge is 2.42. The summed E-state index contributed by atoms with van der Waals surface area (Å²) < 4.78 is 56.9. The van der Waals surface area contributed by atoms with Gasteiger partial charge >= 0.3 is 12.1 Å². The number of alkyl halides is 3. The Bertz CT molecular complexity index is 1330. The molecule has 0 aliphatic carbocycles. The fourth-order valence-electron chi connectivity index (χ4n) is 4.62. The number of hydrogen-bond donors (Lipinski definition) is 2. The molecule has 9 nitrogen and oxygen atoms in total. The van der Waals surface area contributed by atoms with Crippen molar-refractivity contribution in [3.8, 4) is 11.1 Å². The Balaban J connectivity index is 1.32. The Labute approximate surface area is 242 Å². The SMILES string of the molecule is CCOC(=O)CCNCOCc1ccc(-c2ccc(NC(=O)c3oc(N4CCCC(C)C4)nc3C(F)(F)F)cc2)cc1. The van der Waals surface area contributed by atoms with Crippen LogP contribution in [0.3, 0.4) is 0 Å². The third-order valence-electron chi connectivity index (χ3n) is 6.73. The molecule has 226 valence electrons. The summed E-state index contributed by atoms with van der Waals surface area (Å²) in [4.78, 5) is 29.4. The van der Waals surface area contributed by atoms with Crippen molar-refractivity contribution in [2.24, 2.45) is 5.92 Å². The average molecular weight is 589 g/mol. The molecule has 1 aliphatic heterocycles. The predicted octanol–water partition coefficient (Wildman–Crippen LogP) is 5.87. The van der Waals surface area contributed by atoms with Gasteiger partial charge in [0.05, 0.1) is 26.4 Å². The first-order valence-corrected chi connectivity index (χ1v) is 13.9. The van der Waals surface area contributed by atoms with Crippen molar-refractivity contribution in [1.29, 1.82) is 0 Å². The van der Waals surface area contributed by atoms with Gasteiger partial charge in [0.2, 0.25) is 5.76 Å². The van der Waals surface area contributed by atoms with Gasteiger partial charge in [-0.1, -0.05) is 43.3 Å².